The number of fused-ring (bicyclic) bond motifs is 1. The molecule has 0 radical (unpaired) electrons. The molecular weight excluding hydrogens is 343 g/mol. The van der Waals surface area contributed by atoms with Gasteiger partial charge in [0.05, 0.1) is 23.8 Å². The van der Waals surface area contributed by atoms with Crippen LogP contribution in [-0.2, 0) is 13.1 Å². The van der Waals surface area contributed by atoms with Crippen molar-refractivity contribution in [2.24, 2.45) is 0 Å². The average Bonchev–Trinajstić information content (AvgIpc) is 2.93. The Morgan fingerprint density at radius 1 is 1.28 bits per heavy atom. The van der Waals surface area contributed by atoms with Crippen molar-refractivity contribution in [1.82, 2.24) is 24.5 Å². The number of nitrogen functional groups attached to an aromatic ring is 1. The molecule has 0 aliphatic heterocycles. The van der Waals surface area contributed by atoms with E-state index in [1.165, 1.54) is 0 Å². The number of imidazole rings is 1. The van der Waals surface area contributed by atoms with Crippen molar-refractivity contribution in [2.45, 2.75) is 13.1 Å². The standard InChI is InChI=1S/C11H11IN6/c12-8-1-2-10-9(7-8)15-11(13)18(10)6-5-17-4-3-14-16-17/h1-4,7H,5-6H2,(H2,13,15). The third-order valence-electron chi connectivity index (χ3n) is 2.76. The fraction of sp³-hybridized carbons (Fsp3) is 0.182. The third kappa shape index (κ3) is 2.05. The first kappa shape index (κ1) is 11.5. The Balaban J connectivity index is 1.93. The number of hydrogen-bond acceptors (Lipinski definition) is 4. The number of halogens is 1. The van der Waals surface area contributed by atoms with Crippen LogP contribution in [0, 0.1) is 3.57 Å². The Morgan fingerprint density at radius 2 is 2.17 bits per heavy atom. The van der Waals surface area contributed by atoms with Gasteiger partial charge in [0, 0.05) is 16.3 Å². The van der Waals surface area contributed by atoms with E-state index in [1.807, 2.05) is 22.9 Å². The highest BCUT2D eigenvalue weighted by molar-refractivity contribution is 14.1. The lowest BCUT2D eigenvalue weighted by molar-refractivity contribution is 0.529. The molecule has 6 nitrogen and oxygen atoms in total. The maximum Gasteiger partial charge on any atom is 0.201 e. The van der Waals surface area contributed by atoms with Gasteiger partial charge < -0.3 is 10.3 Å². The number of aromatic nitrogens is 5. The minimum absolute atomic E-state index is 0.534. The smallest absolute Gasteiger partial charge is 0.201 e. The number of nitrogens with zero attached hydrogens (tertiary/aromatic N) is 5. The zero-order valence-corrected chi connectivity index (χ0v) is 11.6. The Kier molecular flexibility index (Phi) is 2.90. The van der Waals surface area contributed by atoms with Crippen molar-refractivity contribution in [3.8, 4) is 0 Å². The summed E-state index contributed by atoms with van der Waals surface area (Å²) >= 11 is 2.27. The van der Waals surface area contributed by atoms with Crippen molar-refractivity contribution >= 4 is 39.6 Å². The molecule has 3 aromatic rings. The van der Waals surface area contributed by atoms with E-state index in [0.29, 0.717) is 5.95 Å². The topological polar surface area (TPSA) is 74.5 Å². The Morgan fingerprint density at radius 3 is 2.94 bits per heavy atom. The number of hydrogen-bond donors (Lipinski definition) is 1. The second kappa shape index (κ2) is 4.56. The molecule has 0 saturated heterocycles. The minimum atomic E-state index is 0.534. The van der Waals surface area contributed by atoms with Gasteiger partial charge in [0.2, 0.25) is 5.95 Å². The lowest BCUT2D eigenvalue weighted by Gasteiger charge is -2.06. The Hall–Kier alpha value is -1.64. The predicted molar refractivity (Wildman–Crippen MR) is 76.9 cm³/mol. The first-order valence-electron chi connectivity index (χ1n) is 5.49. The maximum absolute atomic E-state index is 5.95. The highest BCUT2D eigenvalue weighted by Gasteiger charge is 2.08. The monoisotopic (exact) mass is 354 g/mol. The summed E-state index contributed by atoms with van der Waals surface area (Å²) in [7, 11) is 0. The second-order valence-corrected chi connectivity index (χ2v) is 5.17. The molecule has 1 aromatic carbocycles. The molecule has 2 aromatic heterocycles. The fourth-order valence-corrected chi connectivity index (χ4v) is 2.39. The van der Waals surface area contributed by atoms with Gasteiger partial charge in [-0.2, -0.15) is 0 Å². The number of anilines is 1. The Bertz CT molecular complexity index is 672. The number of aryl methyl sites for hydroxylation is 2. The van der Waals surface area contributed by atoms with Crippen LogP contribution in [0.1, 0.15) is 0 Å². The van der Waals surface area contributed by atoms with Crippen LogP contribution in [0.3, 0.4) is 0 Å². The van der Waals surface area contributed by atoms with Crippen molar-refractivity contribution in [3.63, 3.8) is 0 Å². The largest absolute Gasteiger partial charge is 0.369 e. The van der Waals surface area contributed by atoms with E-state index >= 15 is 0 Å². The fourth-order valence-electron chi connectivity index (χ4n) is 1.91. The zero-order chi connectivity index (χ0) is 12.5. The summed E-state index contributed by atoms with van der Waals surface area (Å²) in [5.41, 5.74) is 7.92. The van der Waals surface area contributed by atoms with Gasteiger partial charge in [-0.25, -0.2) is 4.98 Å². The van der Waals surface area contributed by atoms with Gasteiger partial charge in [0.25, 0.3) is 0 Å². The molecular formula is C11H11IN6. The summed E-state index contributed by atoms with van der Waals surface area (Å²) in [6.45, 7) is 1.45. The van der Waals surface area contributed by atoms with Crippen LogP contribution in [0.25, 0.3) is 11.0 Å². The van der Waals surface area contributed by atoms with Crippen LogP contribution >= 0.6 is 22.6 Å². The van der Waals surface area contributed by atoms with Gasteiger partial charge in [0.15, 0.2) is 0 Å². The molecule has 2 N–H and O–H groups in total. The normalized spacial score (nSPS) is 11.2. The summed E-state index contributed by atoms with van der Waals surface area (Å²) in [5, 5.41) is 7.70. The number of nitrogens with two attached hydrogens (primary N) is 1. The zero-order valence-electron chi connectivity index (χ0n) is 9.49. The molecule has 2 heterocycles. The molecule has 0 aliphatic carbocycles. The van der Waals surface area contributed by atoms with E-state index in [-0.39, 0.29) is 0 Å². The number of benzene rings is 1. The average molecular weight is 354 g/mol. The summed E-state index contributed by atoms with van der Waals surface area (Å²) < 4.78 is 4.92. The van der Waals surface area contributed by atoms with Crippen molar-refractivity contribution in [1.29, 1.82) is 0 Å². The molecule has 0 atom stereocenters. The summed E-state index contributed by atoms with van der Waals surface area (Å²) in [6.07, 6.45) is 3.50. The predicted octanol–water partition coefficient (Wildman–Crippen LogP) is 1.51. The van der Waals surface area contributed by atoms with E-state index in [1.54, 1.807) is 10.9 Å². The third-order valence-corrected chi connectivity index (χ3v) is 3.44. The molecule has 7 heteroatoms. The van der Waals surface area contributed by atoms with Gasteiger partial charge in [-0.1, -0.05) is 5.21 Å². The van der Waals surface area contributed by atoms with Crippen LogP contribution in [0.4, 0.5) is 5.95 Å². The minimum Gasteiger partial charge on any atom is -0.369 e. The first-order chi connectivity index (χ1) is 8.74. The molecule has 3 rings (SSSR count). The van der Waals surface area contributed by atoms with Crippen LogP contribution in [0.15, 0.2) is 30.6 Å². The van der Waals surface area contributed by atoms with E-state index in [9.17, 15) is 0 Å². The van der Waals surface area contributed by atoms with E-state index in [2.05, 4.69) is 44.0 Å². The molecule has 92 valence electrons. The lowest BCUT2D eigenvalue weighted by atomic mass is 10.3. The summed E-state index contributed by atoms with van der Waals surface area (Å²) in [5.74, 6) is 0.534. The highest BCUT2D eigenvalue weighted by atomic mass is 127. The van der Waals surface area contributed by atoms with Gasteiger partial charge in [-0.15, -0.1) is 5.10 Å². The van der Waals surface area contributed by atoms with Gasteiger partial charge >= 0.3 is 0 Å². The quantitative estimate of drug-likeness (QED) is 0.724. The summed E-state index contributed by atoms with van der Waals surface area (Å²) in [4.78, 5) is 4.36. The number of rotatable bonds is 3. The van der Waals surface area contributed by atoms with Crippen molar-refractivity contribution in [3.05, 3.63) is 34.2 Å². The maximum atomic E-state index is 5.95. The van der Waals surface area contributed by atoms with E-state index in [0.717, 1.165) is 27.7 Å². The second-order valence-electron chi connectivity index (χ2n) is 3.92. The van der Waals surface area contributed by atoms with Crippen LogP contribution in [0.2, 0.25) is 0 Å². The molecule has 0 fully saturated rings. The molecule has 0 spiro atoms. The van der Waals surface area contributed by atoms with Crippen LogP contribution in [0.5, 0.6) is 0 Å². The SMILES string of the molecule is Nc1nc2cc(I)ccc2n1CCn1ccnn1. The molecule has 0 saturated carbocycles. The van der Waals surface area contributed by atoms with Gasteiger partial charge in [0.1, 0.15) is 0 Å². The highest BCUT2D eigenvalue weighted by Crippen LogP contribution is 2.20. The van der Waals surface area contributed by atoms with Crippen molar-refractivity contribution < 1.29 is 0 Å². The van der Waals surface area contributed by atoms with E-state index < -0.39 is 0 Å². The molecule has 18 heavy (non-hydrogen) atoms. The van der Waals surface area contributed by atoms with Crippen LogP contribution < -0.4 is 5.73 Å². The van der Waals surface area contributed by atoms with Crippen LogP contribution in [-0.4, -0.2) is 24.5 Å². The van der Waals surface area contributed by atoms with Gasteiger partial charge in [-0.3, -0.25) is 4.68 Å². The van der Waals surface area contributed by atoms with Crippen molar-refractivity contribution in [2.75, 3.05) is 5.73 Å². The Labute approximate surface area is 117 Å². The molecule has 0 amide bonds. The molecule has 0 bridgehead atoms. The van der Waals surface area contributed by atoms with E-state index in [4.69, 9.17) is 5.73 Å². The summed E-state index contributed by atoms with van der Waals surface area (Å²) in [6, 6.07) is 6.12. The molecule has 0 unspecified atom stereocenters. The first-order valence-corrected chi connectivity index (χ1v) is 6.57. The molecule has 0 aliphatic rings. The van der Waals surface area contributed by atoms with Gasteiger partial charge in [-0.05, 0) is 40.8 Å². The lowest BCUT2D eigenvalue weighted by Crippen LogP contribution is -2.10.